The molecule has 10 heteroatoms. The van der Waals surface area contributed by atoms with Gasteiger partial charge in [0.05, 0.1) is 4.88 Å². The topological polar surface area (TPSA) is 101 Å². The summed E-state index contributed by atoms with van der Waals surface area (Å²) >= 11 is 2.82. The average Bonchev–Trinajstić information content (AvgIpc) is 3.20. The predicted molar refractivity (Wildman–Crippen MR) is 111 cm³/mol. The van der Waals surface area contributed by atoms with Crippen LogP contribution in [0.1, 0.15) is 20.8 Å². The smallest absolute Gasteiger partial charge is 0.303 e. The molecule has 1 aliphatic heterocycles. The second-order valence-corrected chi connectivity index (χ2v) is 8.52. The molecule has 160 valence electrons. The van der Waals surface area contributed by atoms with E-state index in [2.05, 4.69) is 4.98 Å². The Balaban J connectivity index is 1.91. The lowest BCUT2D eigenvalue weighted by Crippen LogP contribution is -2.55. The maximum absolute atomic E-state index is 11.8. The van der Waals surface area contributed by atoms with Crippen molar-refractivity contribution in [2.45, 2.75) is 44.5 Å². The number of aromatic nitrogens is 1. The van der Waals surface area contributed by atoms with Gasteiger partial charge in [0.1, 0.15) is 11.4 Å². The lowest BCUT2D eigenvalue weighted by atomic mass is 10.1. The lowest BCUT2D eigenvalue weighted by Gasteiger charge is -2.40. The molecule has 0 bridgehead atoms. The molecule has 0 aromatic carbocycles. The number of carbonyl (C=O) groups is 3. The number of hydrogen-bond donors (Lipinski definition) is 0. The molecule has 3 rings (SSSR count). The van der Waals surface area contributed by atoms with Crippen LogP contribution in [0, 0.1) is 0 Å². The summed E-state index contributed by atoms with van der Waals surface area (Å²) in [5.41, 5.74) is -0.0474. The largest absolute Gasteiger partial charge is 0.473 e. The Kier molecular flexibility index (Phi) is 7.33. The van der Waals surface area contributed by atoms with Gasteiger partial charge >= 0.3 is 17.9 Å². The van der Waals surface area contributed by atoms with Gasteiger partial charge in [-0.1, -0.05) is 6.07 Å². The van der Waals surface area contributed by atoms with Crippen molar-refractivity contribution in [3.05, 3.63) is 35.8 Å². The first-order valence-electron chi connectivity index (χ1n) is 9.14. The highest BCUT2D eigenvalue weighted by molar-refractivity contribution is 7.99. The van der Waals surface area contributed by atoms with E-state index >= 15 is 0 Å². The molecule has 8 nitrogen and oxygen atoms in total. The number of thioether (sulfide) groups is 1. The average molecular weight is 452 g/mol. The molecule has 0 aliphatic carbocycles. The fourth-order valence-electron chi connectivity index (χ4n) is 3.02. The minimum atomic E-state index is -0.997. The van der Waals surface area contributed by atoms with Gasteiger partial charge in [0.15, 0.2) is 23.7 Å². The Labute approximate surface area is 181 Å². The van der Waals surface area contributed by atoms with Gasteiger partial charge in [-0.3, -0.25) is 19.4 Å². The van der Waals surface area contributed by atoms with E-state index in [9.17, 15) is 14.4 Å². The molecule has 1 aliphatic rings. The van der Waals surface area contributed by atoms with Crippen LogP contribution in [-0.2, 0) is 28.6 Å². The zero-order chi connectivity index (χ0) is 21.7. The summed E-state index contributed by atoms with van der Waals surface area (Å²) in [5, 5.41) is 1.94. The van der Waals surface area contributed by atoms with Crippen molar-refractivity contribution < 1.29 is 33.3 Å². The second-order valence-electron chi connectivity index (χ2n) is 6.44. The molecular weight excluding hydrogens is 430 g/mol. The summed E-state index contributed by atoms with van der Waals surface area (Å²) in [4.78, 5) is 40.3. The van der Waals surface area contributed by atoms with Crippen molar-refractivity contribution in [1.82, 2.24) is 4.98 Å². The molecule has 30 heavy (non-hydrogen) atoms. The maximum Gasteiger partial charge on any atom is 0.303 e. The zero-order valence-corrected chi connectivity index (χ0v) is 18.2. The third-order valence-corrected chi connectivity index (χ3v) is 6.16. The molecule has 3 heterocycles. The van der Waals surface area contributed by atoms with Crippen LogP contribution in [0.5, 0.6) is 5.75 Å². The number of carbonyl (C=O) groups excluding carboxylic acids is 3. The van der Waals surface area contributed by atoms with Gasteiger partial charge < -0.3 is 18.9 Å². The first-order chi connectivity index (χ1) is 14.3. The van der Waals surface area contributed by atoms with Crippen LogP contribution in [0.25, 0.3) is 10.6 Å². The summed E-state index contributed by atoms with van der Waals surface area (Å²) < 4.78 is 22.3. The van der Waals surface area contributed by atoms with Crippen molar-refractivity contribution in [3.63, 3.8) is 0 Å². The van der Waals surface area contributed by atoms with E-state index < -0.39 is 41.7 Å². The highest BCUT2D eigenvalue weighted by Gasteiger charge is 2.47. The Morgan fingerprint density at radius 1 is 0.967 bits per heavy atom. The van der Waals surface area contributed by atoms with Gasteiger partial charge in [-0.15, -0.1) is 23.1 Å². The maximum atomic E-state index is 11.8. The van der Waals surface area contributed by atoms with Gasteiger partial charge in [-0.25, -0.2) is 0 Å². The SMILES string of the molecule is CC(=O)O[C@@H]1[C@@H](OC(C)=O)[C@@H](Oc2cccnc2-c2cccs2)SC[C@H]1OC(C)=O. The second kappa shape index (κ2) is 9.94. The highest BCUT2D eigenvalue weighted by atomic mass is 32.2. The van der Waals surface area contributed by atoms with Gasteiger partial charge in [0, 0.05) is 32.7 Å². The van der Waals surface area contributed by atoms with E-state index in [0.29, 0.717) is 17.2 Å². The highest BCUT2D eigenvalue weighted by Crippen LogP contribution is 2.37. The standard InChI is InChI=1S/C20H21NO7S2/c1-11(22)25-15-10-30-20(19(27-13(3)24)18(15)26-12(2)23)28-14-6-4-8-21-17(14)16-7-5-9-29-16/h4-9,15,18-20H,10H2,1-3H3/t15-,18+,19-,20+/m1/s1. The molecule has 2 aromatic heterocycles. The molecule has 1 fully saturated rings. The van der Waals surface area contributed by atoms with E-state index in [0.717, 1.165) is 4.88 Å². The molecule has 1 saturated heterocycles. The number of rotatable bonds is 6. The molecule has 0 spiro atoms. The van der Waals surface area contributed by atoms with Crippen molar-refractivity contribution in [1.29, 1.82) is 0 Å². The number of hydrogen-bond acceptors (Lipinski definition) is 10. The molecule has 0 radical (unpaired) electrons. The fraction of sp³-hybridized carbons (Fsp3) is 0.400. The minimum Gasteiger partial charge on any atom is -0.473 e. The number of thiophene rings is 1. The van der Waals surface area contributed by atoms with Gasteiger partial charge in [-0.2, -0.15) is 0 Å². The molecular formula is C20H21NO7S2. The van der Waals surface area contributed by atoms with E-state index in [4.69, 9.17) is 18.9 Å². The summed E-state index contributed by atoms with van der Waals surface area (Å²) in [6, 6.07) is 7.35. The molecule has 0 unspecified atom stereocenters. The molecule has 0 saturated carbocycles. The van der Waals surface area contributed by atoms with Crippen LogP contribution in [0.2, 0.25) is 0 Å². The van der Waals surface area contributed by atoms with Crippen molar-refractivity contribution >= 4 is 41.0 Å². The molecule has 0 amide bonds. The van der Waals surface area contributed by atoms with Crippen LogP contribution in [0.3, 0.4) is 0 Å². The van der Waals surface area contributed by atoms with Crippen LogP contribution >= 0.6 is 23.1 Å². The number of nitrogens with zero attached hydrogens (tertiary/aromatic N) is 1. The Morgan fingerprint density at radius 2 is 1.67 bits per heavy atom. The summed E-state index contributed by atoms with van der Waals surface area (Å²) in [6.45, 7) is 3.76. The van der Waals surface area contributed by atoms with Gasteiger partial charge in [-0.05, 0) is 23.6 Å². The number of ether oxygens (including phenoxy) is 4. The summed E-state index contributed by atoms with van der Waals surface area (Å²) in [6.07, 6.45) is -1.08. The Morgan fingerprint density at radius 3 is 2.30 bits per heavy atom. The van der Waals surface area contributed by atoms with Gasteiger partial charge in [0.2, 0.25) is 0 Å². The third-order valence-electron chi connectivity index (χ3n) is 4.07. The van der Waals surface area contributed by atoms with Crippen molar-refractivity contribution in [2.24, 2.45) is 0 Å². The monoisotopic (exact) mass is 451 g/mol. The first kappa shape index (κ1) is 22.1. The number of pyridine rings is 1. The normalized spacial score (nSPS) is 23.3. The fourth-order valence-corrected chi connectivity index (χ4v) is 4.95. The van der Waals surface area contributed by atoms with E-state index in [1.165, 1.54) is 43.9 Å². The first-order valence-corrected chi connectivity index (χ1v) is 11.1. The molecule has 0 N–H and O–H groups in total. The van der Waals surface area contributed by atoms with E-state index in [1.54, 1.807) is 18.3 Å². The van der Waals surface area contributed by atoms with Gasteiger partial charge in [0.25, 0.3) is 0 Å². The predicted octanol–water partition coefficient (Wildman–Crippen LogP) is 3.06. The summed E-state index contributed by atoms with van der Waals surface area (Å²) in [5.74, 6) is -0.873. The zero-order valence-electron chi connectivity index (χ0n) is 16.6. The minimum absolute atomic E-state index is 0.300. The van der Waals surface area contributed by atoms with Crippen LogP contribution < -0.4 is 4.74 Å². The Hall–Kier alpha value is -2.59. The van der Waals surface area contributed by atoms with Crippen LogP contribution in [-0.4, -0.2) is 52.4 Å². The van der Waals surface area contributed by atoms with Crippen LogP contribution in [0.4, 0.5) is 0 Å². The Bertz CT molecular complexity index is 902. The van der Waals surface area contributed by atoms with Crippen molar-refractivity contribution in [2.75, 3.05) is 5.75 Å². The number of esters is 3. The van der Waals surface area contributed by atoms with Crippen molar-refractivity contribution in [3.8, 4) is 16.3 Å². The molecule has 4 atom stereocenters. The summed E-state index contributed by atoms with van der Waals surface area (Å²) in [7, 11) is 0. The van der Waals surface area contributed by atoms with Crippen LogP contribution in [0.15, 0.2) is 35.8 Å². The van der Waals surface area contributed by atoms with E-state index in [-0.39, 0.29) is 0 Å². The quantitative estimate of drug-likeness (QED) is 0.484. The third kappa shape index (κ3) is 5.51. The molecule has 2 aromatic rings. The van der Waals surface area contributed by atoms with E-state index in [1.807, 2.05) is 17.5 Å². The lowest BCUT2D eigenvalue weighted by molar-refractivity contribution is -0.186.